The summed E-state index contributed by atoms with van der Waals surface area (Å²) in [5, 5.41) is 0.492. The largest absolute Gasteiger partial charge is 0.493 e. The zero-order chi connectivity index (χ0) is 29.9. The van der Waals surface area contributed by atoms with Crippen LogP contribution in [-0.2, 0) is 22.7 Å². The maximum Gasteiger partial charge on any atom is 0.416 e. The van der Waals surface area contributed by atoms with Crippen molar-refractivity contribution in [2.24, 2.45) is 0 Å². The SMILES string of the molecule is COc1cc(C(=O)N2CCN(c3cccc(C(F)(F)F)c3)CC2)c(N(Cc2ccc(Cl)cc2)S(C)(=O)=O)cc1OC. The molecule has 3 aromatic carbocycles. The van der Waals surface area contributed by atoms with Gasteiger partial charge < -0.3 is 19.3 Å². The highest BCUT2D eigenvalue weighted by atomic mass is 35.5. The molecule has 0 N–H and O–H groups in total. The number of rotatable bonds is 8. The number of alkyl halides is 3. The van der Waals surface area contributed by atoms with Crippen molar-refractivity contribution >= 4 is 38.9 Å². The fraction of sp³-hybridized carbons (Fsp3) is 0.321. The zero-order valence-corrected chi connectivity index (χ0v) is 24.2. The van der Waals surface area contributed by atoms with E-state index in [2.05, 4.69) is 0 Å². The monoisotopic (exact) mass is 611 g/mol. The predicted molar refractivity (Wildman–Crippen MR) is 152 cm³/mol. The molecule has 0 aliphatic carbocycles. The molecule has 8 nitrogen and oxygen atoms in total. The topological polar surface area (TPSA) is 79.4 Å². The van der Waals surface area contributed by atoms with Crippen LogP contribution >= 0.6 is 11.6 Å². The predicted octanol–water partition coefficient (Wildman–Crippen LogP) is 5.30. The number of hydrogen-bond acceptors (Lipinski definition) is 6. The molecule has 1 aliphatic rings. The van der Waals surface area contributed by atoms with Crippen LogP contribution < -0.4 is 18.7 Å². The Labute approximate surface area is 241 Å². The maximum atomic E-state index is 13.9. The van der Waals surface area contributed by atoms with Crippen LogP contribution in [0.5, 0.6) is 11.5 Å². The third-order valence-electron chi connectivity index (χ3n) is 6.75. The highest BCUT2D eigenvalue weighted by Crippen LogP contribution is 2.38. The van der Waals surface area contributed by atoms with Crippen molar-refractivity contribution in [3.05, 3.63) is 82.4 Å². The fourth-order valence-corrected chi connectivity index (χ4v) is 5.62. The molecule has 1 aliphatic heterocycles. The standard InChI is InChI=1S/C28H29ClF3N3O5S/c1-39-25-16-23(24(17-26(25)40-2)35(41(3,37)38)18-19-7-9-21(29)10-8-19)27(36)34-13-11-33(12-14-34)22-6-4-5-20(15-22)28(30,31)32/h4-10,15-17H,11-14,18H2,1-3H3. The molecule has 0 aromatic heterocycles. The van der Waals surface area contributed by atoms with Gasteiger partial charge in [-0.25, -0.2) is 8.42 Å². The molecule has 0 spiro atoms. The van der Waals surface area contributed by atoms with Gasteiger partial charge in [-0.15, -0.1) is 0 Å². The summed E-state index contributed by atoms with van der Waals surface area (Å²) in [5.74, 6) is 0.0229. The Morgan fingerprint density at radius 1 is 0.951 bits per heavy atom. The number of ether oxygens (including phenoxy) is 2. The van der Waals surface area contributed by atoms with Crippen molar-refractivity contribution in [3.63, 3.8) is 0 Å². The Morgan fingerprint density at radius 3 is 2.12 bits per heavy atom. The van der Waals surface area contributed by atoms with Crippen LogP contribution in [0, 0.1) is 0 Å². The lowest BCUT2D eigenvalue weighted by Gasteiger charge is -2.37. The van der Waals surface area contributed by atoms with Gasteiger partial charge in [0.15, 0.2) is 11.5 Å². The first-order valence-corrected chi connectivity index (χ1v) is 14.7. The van der Waals surface area contributed by atoms with Crippen LogP contribution in [-0.4, -0.2) is 65.9 Å². The normalized spacial score (nSPS) is 14.1. The van der Waals surface area contributed by atoms with Crippen molar-refractivity contribution in [1.29, 1.82) is 0 Å². The number of halogens is 4. The molecule has 220 valence electrons. The summed E-state index contributed by atoms with van der Waals surface area (Å²) in [5.41, 5.74) is 0.484. The third kappa shape index (κ3) is 6.99. The first kappa shape index (κ1) is 30.3. The Hall–Kier alpha value is -3.64. The molecule has 1 fully saturated rings. The number of carbonyl (C=O) groups excluding carboxylic acids is 1. The van der Waals surface area contributed by atoms with Gasteiger partial charge in [0.25, 0.3) is 5.91 Å². The number of sulfonamides is 1. The molecule has 0 atom stereocenters. The number of amides is 1. The van der Waals surface area contributed by atoms with E-state index in [1.165, 1.54) is 37.3 Å². The number of nitrogens with zero attached hydrogens (tertiary/aromatic N) is 3. The molecule has 1 heterocycles. The minimum absolute atomic E-state index is 0.0743. The second-order valence-corrected chi connectivity index (χ2v) is 11.8. The number of anilines is 2. The first-order chi connectivity index (χ1) is 19.3. The average molecular weight is 612 g/mol. The van der Waals surface area contributed by atoms with Crippen molar-refractivity contribution in [2.75, 3.05) is 55.9 Å². The van der Waals surface area contributed by atoms with Gasteiger partial charge in [-0.2, -0.15) is 13.2 Å². The summed E-state index contributed by atoms with van der Waals surface area (Å²) in [6.07, 6.45) is -3.42. The second kappa shape index (κ2) is 12.1. The molecular formula is C28H29ClF3N3O5S. The van der Waals surface area contributed by atoms with Crippen LogP contribution in [0.2, 0.25) is 5.02 Å². The summed E-state index contributed by atoms with van der Waals surface area (Å²) >= 11 is 5.99. The fourth-order valence-electron chi connectivity index (χ4n) is 4.60. The molecule has 1 amide bonds. The highest BCUT2D eigenvalue weighted by Gasteiger charge is 2.33. The third-order valence-corrected chi connectivity index (χ3v) is 8.12. The van der Waals surface area contributed by atoms with Crippen molar-refractivity contribution in [2.45, 2.75) is 12.7 Å². The number of hydrogen-bond donors (Lipinski definition) is 0. The number of piperazine rings is 1. The van der Waals surface area contributed by atoms with E-state index in [0.717, 1.165) is 22.7 Å². The van der Waals surface area contributed by atoms with E-state index in [0.29, 0.717) is 16.3 Å². The minimum Gasteiger partial charge on any atom is -0.493 e. The molecule has 4 rings (SSSR count). The minimum atomic E-state index is -4.46. The van der Waals surface area contributed by atoms with Gasteiger partial charge in [-0.05, 0) is 42.0 Å². The van der Waals surface area contributed by atoms with E-state index in [1.807, 2.05) is 0 Å². The Bertz CT molecular complexity index is 1510. The molecule has 0 saturated carbocycles. The Balaban J connectivity index is 1.66. The number of benzene rings is 3. The number of methoxy groups -OCH3 is 2. The van der Waals surface area contributed by atoms with Crippen LogP contribution in [0.15, 0.2) is 60.7 Å². The molecule has 1 saturated heterocycles. The van der Waals surface area contributed by atoms with Gasteiger partial charge in [0.05, 0.1) is 43.8 Å². The van der Waals surface area contributed by atoms with Crippen molar-refractivity contribution in [3.8, 4) is 11.5 Å². The molecule has 0 bridgehead atoms. The van der Waals surface area contributed by atoms with Crippen LogP contribution in [0.4, 0.5) is 24.5 Å². The van der Waals surface area contributed by atoms with Gasteiger partial charge in [0, 0.05) is 43.0 Å². The smallest absolute Gasteiger partial charge is 0.416 e. The average Bonchev–Trinajstić information content (AvgIpc) is 2.95. The molecule has 0 unspecified atom stereocenters. The summed E-state index contributed by atoms with van der Waals surface area (Å²) in [7, 11) is -1.08. The Kier molecular flexibility index (Phi) is 8.93. The van der Waals surface area contributed by atoms with Crippen molar-refractivity contribution in [1.82, 2.24) is 4.90 Å². The summed E-state index contributed by atoms with van der Waals surface area (Å²) < 4.78 is 77.6. The molecule has 41 heavy (non-hydrogen) atoms. The number of carbonyl (C=O) groups is 1. The zero-order valence-electron chi connectivity index (χ0n) is 22.6. The van der Waals surface area contributed by atoms with E-state index in [1.54, 1.807) is 35.2 Å². The van der Waals surface area contributed by atoms with E-state index in [-0.39, 0.29) is 55.5 Å². The second-order valence-electron chi connectivity index (χ2n) is 9.45. The van der Waals surface area contributed by atoms with Gasteiger partial charge >= 0.3 is 6.18 Å². The summed E-state index contributed by atoms with van der Waals surface area (Å²) in [6, 6.07) is 14.6. The molecule has 3 aromatic rings. The molecule has 13 heteroatoms. The molecular weight excluding hydrogens is 583 g/mol. The van der Waals surface area contributed by atoms with E-state index in [4.69, 9.17) is 21.1 Å². The van der Waals surface area contributed by atoms with Crippen LogP contribution in [0.3, 0.4) is 0 Å². The van der Waals surface area contributed by atoms with E-state index >= 15 is 0 Å². The lowest BCUT2D eigenvalue weighted by Crippen LogP contribution is -2.49. The maximum absolute atomic E-state index is 13.9. The summed E-state index contributed by atoms with van der Waals surface area (Å²) in [4.78, 5) is 17.2. The van der Waals surface area contributed by atoms with Crippen LogP contribution in [0.25, 0.3) is 0 Å². The van der Waals surface area contributed by atoms with Gasteiger partial charge in [0.2, 0.25) is 10.0 Å². The summed E-state index contributed by atoms with van der Waals surface area (Å²) in [6.45, 7) is 0.916. The van der Waals surface area contributed by atoms with Crippen LogP contribution in [0.1, 0.15) is 21.5 Å². The highest BCUT2D eigenvalue weighted by molar-refractivity contribution is 7.92. The van der Waals surface area contributed by atoms with Crippen molar-refractivity contribution < 1.29 is 35.9 Å². The van der Waals surface area contributed by atoms with Gasteiger partial charge in [-0.1, -0.05) is 29.8 Å². The Morgan fingerprint density at radius 2 is 1.56 bits per heavy atom. The quantitative estimate of drug-likeness (QED) is 0.344. The van der Waals surface area contributed by atoms with Gasteiger partial charge in [0.1, 0.15) is 0 Å². The lowest BCUT2D eigenvalue weighted by molar-refractivity contribution is -0.137. The van der Waals surface area contributed by atoms with E-state index < -0.39 is 27.7 Å². The molecule has 0 radical (unpaired) electrons. The lowest BCUT2D eigenvalue weighted by atomic mass is 10.1. The first-order valence-electron chi connectivity index (χ1n) is 12.5. The van der Waals surface area contributed by atoms with E-state index in [9.17, 15) is 26.4 Å². The van der Waals surface area contributed by atoms with Gasteiger partial charge in [-0.3, -0.25) is 9.10 Å².